The van der Waals surface area contributed by atoms with Crippen molar-refractivity contribution in [3.63, 3.8) is 0 Å². The van der Waals surface area contributed by atoms with Crippen LogP contribution in [0.25, 0.3) is 0 Å². The van der Waals surface area contributed by atoms with Crippen molar-refractivity contribution < 1.29 is 34.5 Å². The van der Waals surface area contributed by atoms with Gasteiger partial charge in [0.25, 0.3) is 0 Å². The van der Waals surface area contributed by atoms with Crippen LogP contribution in [0.2, 0.25) is 0 Å². The van der Waals surface area contributed by atoms with Gasteiger partial charge < -0.3 is 31.3 Å². The van der Waals surface area contributed by atoms with Gasteiger partial charge in [0.1, 0.15) is 5.70 Å². The summed E-state index contributed by atoms with van der Waals surface area (Å²) in [6.07, 6.45) is -0.480. The number of carboxylic acids is 2. The molecule has 0 spiro atoms. The standard InChI is InChI=1S/C29H32N4O7S/c1-14-23-22(15(2)34)27(36)33(23)24(29(39)40)25(14)41-20-11-21(32(13-20)12-16-6-8-18(30)9-7-16)26(35)31-19-5-3-4-17(10-19)28(37)38/h3-10,14-15,20-23,34H,11-13,30H2,1-2H3,(H,31,35)(H,37,38)(H,39,40)/t14-,15-,20+,21+,22-,23-/m1/s1. The molecule has 0 saturated carbocycles. The number of fused-ring (bicyclic) bond motifs is 1. The predicted molar refractivity (Wildman–Crippen MR) is 153 cm³/mol. The average Bonchev–Trinajstić information content (AvgIpc) is 3.42. The Morgan fingerprint density at radius 2 is 1.83 bits per heavy atom. The van der Waals surface area contributed by atoms with Crippen LogP contribution in [0.3, 0.4) is 0 Å². The van der Waals surface area contributed by atoms with E-state index in [1.807, 2.05) is 24.0 Å². The van der Waals surface area contributed by atoms with Gasteiger partial charge >= 0.3 is 11.9 Å². The number of aliphatic hydroxyl groups excluding tert-OH is 1. The fourth-order valence-corrected chi connectivity index (χ4v) is 7.62. The number of carbonyl (C=O) groups is 4. The van der Waals surface area contributed by atoms with Crippen LogP contribution in [0.1, 0.15) is 36.2 Å². The van der Waals surface area contributed by atoms with Crippen LogP contribution in [0, 0.1) is 11.8 Å². The number of aliphatic hydroxyl groups is 1. The summed E-state index contributed by atoms with van der Waals surface area (Å²) in [6.45, 7) is 4.34. The summed E-state index contributed by atoms with van der Waals surface area (Å²) in [6, 6.07) is 12.4. The number of aliphatic carboxylic acids is 1. The minimum absolute atomic E-state index is 0.0436. The second-order valence-electron chi connectivity index (χ2n) is 10.8. The smallest absolute Gasteiger partial charge is 0.353 e. The zero-order chi connectivity index (χ0) is 29.6. The Labute approximate surface area is 241 Å². The van der Waals surface area contributed by atoms with E-state index in [1.54, 1.807) is 31.2 Å². The van der Waals surface area contributed by atoms with Crippen LogP contribution >= 0.6 is 11.8 Å². The first-order chi connectivity index (χ1) is 19.5. The van der Waals surface area contributed by atoms with Gasteiger partial charge in [-0.25, -0.2) is 9.59 Å². The number of benzene rings is 2. The Morgan fingerprint density at radius 3 is 2.46 bits per heavy atom. The lowest BCUT2D eigenvalue weighted by Crippen LogP contribution is -2.63. The molecule has 6 atom stereocenters. The summed E-state index contributed by atoms with van der Waals surface area (Å²) >= 11 is 1.38. The van der Waals surface area contributed by atoms with Crippen LogP contribution < -0.4 is 11.1 Å². The van der Waals surface area contributed by atoms with Crippen molar-refractivity contribution in [1.29, 1.82) is 0 Å². The fraction of sp³-hybridized carbons (Fsp3) is 0.379. The summed E-state index contributed by atoms with van der Waals surface area (Å²) < 4.78 is 0. The molecule has 3 aliphatic rings. The number of likely N-dealkylation sites (tertiary alicyclic amines) is 1. The molecule has 2 fully saturated rings. The highest BCUT2D eigenvalue weighted by atomic mass is 32.2. The molecule has 2 saturated heterocycles. The Kier molecular flexibility index (Phi) is 7.82. The molecular weight excluding hydrogens is 548 g/mol. The van der Waals surface area contributed by atoms with Gasteiger partial charge in [-0.2, -0.15) is 0 Å². The van der Waals surface area contributed by atoms with Crippen molar-refractivity contribution in [2.45, 2.75) is 50.3 Å². The summed E-state index contributed by atoms with van der Waals surface area (Å²) in [4.78, 5) is 53.8. The first-order valence-electron chi connectivity index (χ1n) is 13.3. The number of carbonyl (C=O) groups excluding carboxylic acids is 2. The van der Waals surface area contributed by atoms with Crippen LogP contribution in [-0.4, -0.2) is 78.9 Å². The molecule has 6 N–H and O–H groups in total. The fourth-order valence-electron chi connectivity index (χ4n) is 6.07. The molecule has 0 aromatic heterocycles. The Morgan fingerprint density at radius 1 is 1.12 bits per heavy atom. The van der Waals surface area contributed by atoms with Gasteiger partial charge in [0.15, 0.2) is 0 Å². The number of carboxylic acid groups (broad SMARTS) is 2. The molecule has 3 heterocycles. The maximum absolute atomic E-state index is 13.5. The van der Waals surface area contributed by atoms with E-state index in [9.17, 15) is 34.5 Å². The molecule has 41 heavy (non-hydrogen) atoms. The molecule has 0 radical (unpaired) electrons. The second-order valence-corrected chi connectivity index (χ2v) is 12.2. The Bertz CT molecular complexity index is 1430. The minimum Gasteiger partial charge on any atom is -0.478 e. The Balaban J connectivity index is 1.39. The van der Waals surface area contributed by atoms with Crippen LogP contribution in [0.15, 0.2) is 59.1 Å². The van der Waals surface area contributed by atoms with Gasteiger partial charge in [0.05, 0.1) is 29.7 Å². The number of amides is 2. The average molecular weight is 581 g/mol. The highest BCUT2D eigenvalue weighted by Gasteiger charge is 2.60. The quantitative estimate of drug-likeness (QED) is 0.219. The topological polar surface area (TPSA) is 174 Å². The molecule has 12 heteroatoms. The maximum atomic E-state index is 13.5. The van der Waals surface area contributed by atoms with Gasteiger partial charge in [-0.05, 0) is 49.2 Å². The molecule has 2 amide bonds. The third kappa shape index (κ3) is 5.42. The molecule has 5 rings (SSSR count). The summed E-state index contributed by atoms with van der Waals surface area (Å²) in [5.41, 5.74) is 7.79. The highest BCUT2D eigenvalue weighted by Crippen LogP contribution is 2.52. The number of thioether (sulfide) groups is 1. The highest BCUT2D eigenvalue weighted by molar-refractivity contribution is 8.03. The van der Waals surface area contributed by atoms with Gasteiger partial charge in [-0.1, -0.05) is 25.1 Å². The number of anilines is 2. The van der Waals surface area contributed by atoms with Crippen molar-refractivity contribution in [1.82, 2.24) is 9.80 Å². The number of nitrogens with zero attached hydrogens (tertiary/aromatic N) is 2. The van der Waals surface area contributed by atoms with E-state index in [4.69, 9.17) is 5.73 Å². The molecule has 0 unspecified atom stereocenters. The van der Waals surface area contributed by atoms with E-state index in [0.717, 1.165) is 5.56 Å². The van der Waals surface area contributed by atoms with Gasteiger partial charge in [-0.15, -0.1) is 11.8 Å². The largest absolute Gasteiger partial charge is 0.478 e. The summed E-state index contributed by atoms with van der Waals surface area (Å²) in [5, 5.41) is 32.2. The summed E-state index contributed by atoms with van der Waals surface area (Å²) in [5.74, 6) is -3.90. The van der Waals surface area contributed by atoms with Crippen LogP contribution in [0.4, 0.5) is 11.4 Å². The SMILES string of the molecule is C[C@@H](O)[C@H]1C(=O)N2C(C(=O)O)=C(S[C@H]3C[C@@H](C(=O)Nc4cccc(C(=O)O)c4)N(Cc4ccc(N)cc4)C3)[C@H](C)[C@H]12. The van der Waals surface area contributed by atoms with E-state index in [0.29, 0.717) is 35.8 Å². The number of hydrogen-bond donors (Lipinski definition) is 5. The van der Waals surface area contributed by atoms with E-state index >= 15 is 0 Å². The lowest BCUT2D eigenvalue weighted by Gasteiger charge is -2.46. The zero-order valence-electron chi connectivity index (χ0n) is 22.6. The van der Waals surface area contributed by atoms with E-state index in [-0.39, 0.29) is 34.2 Å². The van der Waals surface area contributed by atoms with E-state index < -0.39 is 36.0 Å². The van der Waals surface area contributed by atoms with E-state index in [1.165, 1.54) is 28.8 Å². The molecule has 0 bridgehead atoms. The Hall–Kier alpha value is -3.87. The van der Waals surface area contributed by atoms with Crippen LogP contribution in [-0.2, 0) is 20.9 Å². The lowest BCUT2D eigenvalue weighted by atomic mass is 9.79. The number of β-lactam (4-membered cyclic amide) rings is 1. The monoisotopic (exact) mass is 580 g/mol. The number of nitrogens with one attached hydrogen (secondary N) is 1. The van der Waals surface area contributed by atoms with Gasteiger partial charge in [0.2, 0.25) is 11.8 Å². The second kappa shape index (κ2) is 11.2. The van der Waals surface area contributed by atoms with Crippen molar-refractivity contribution in [3.8, 4) is 0 Å². The van der Waals surface area contributed by atoms with Crippen molar-refractivity contribution >= 4 is 46.9 Å². The third-order valence-electron chi connectivity index (χ3n) is 8.01. The molecule has 11 nitrogen and oxygen atoms in total. The molecule has 2 aromatic rings. The number of rotatable bonds is 9. The van der Waals surface area contributed by atoms with Crippen molar-refractivity contribution in [2.75, 3.05) is 17.6 Å². The van der Waals surface area contributed by atoms with Crippen molar-refractivity contribution in [3.05, 3.63) is 70.3 Å². The number of nitrogen functional groups attached to an aromatic ring is 1. The maximum Gasteiger partial charge on any atom is 0.353 e. The molecule has 216 valence electrons. The molecular formula is C29H32N4O7S. The third-order valence-corrected chi connectivity index (χ3v) is 9.51. The number of hydrogen-bond acceptors (Lipinski definition) is 8. The van der Waals surface area contributed by atoms with Gasteiger partial charge in [0, 0.05) is 40.5 Å². The first-order valence-corrected chi connectivity index (χ1v) is 14.2. The van der Waals surface area contributed by atoms with Crippen molar-refractivity contribution in [2.24, 2.45) is 11.8 Å². The molecule has 0 aliphatic carbocycles. The molecule has 3 aliphatic heterocycles. The molecule has 2 aromatic carbocycles. The zero-order valence-corrected chi connectivity index (χ0v) is 23.4. The van der Waals surface area contributed by atoms with Crippen LogP contribution in [0.5, 0.6) is 0 Å². The normalized spacial score (nSPS) is 26.5. The predicted octanol–water partition coefficient (Wildman–Crippen LogP) is 2.44. The number of aromatic carboxylic acids is 1. The lowest BCUT2D eigenvalue weighted by molar-refractivity contribution is -0.163. The number of nitrogens with two attached hydrogens (primary N) is 1. The van der Waals surface area contributed by atoms with Gasteiger partial charge in [-0.3, -0.25) is 14.5 Å². The van der Waals surface area contributed by atoms with E-state index in [2.05, 4.69) is 5.32 Å². The summed E-state index contributed by atoms with van der Waals surface area (Å²) in [7, 11) is 0. The first kappa shape index (κ1) is 28.7. The minimum atomic E-state index is -1.19.